The number of fused-ring (bicyclic) bond motifs is 1. The molecule has 0 atom stereocenters. The normalized spacial score (nSPS) is 13.1. The number of benzene rings is 1. The Hall–Kier alpha value is -1.16. The molecule has 1 aromatic carbocycles. The van der Waals surface area contributed by atoms with Gasteiger partial charge in [-0.2, -0.15) is 11.8 Å². The van der Waals surface area contributed by atoms with Crippen molar-refractivity contribution in [2.45, 2.75) is 51.3 Å². The van der Waals surface area contributed by atoms with E-state index in [-0.39, 0.29) is 10.2 Å². The van der Waals surface area contributed by atoms with Crippen LogP contribution in [0, 0.1) is 0 Å². The van der Waals surface area contributed by atoms with Gasteiger partial charge in [0.25, 0.3) is 0 Å². The smallest absolute Gasteiger partial charge is 0.115 e. The molecule has 20 heavy (non-hydrogen) atoms. The van der Waals surface area contributed by atoms with Gasteiger partial charge in [-0.25, -0.2) is 4.98 Å². The quantitative estimate of drug-likeness (QED) is 0.867. The van der Waals surface area contributed by atoms with Gasteiger partial charge in [-0.1, -0.05) is 20.8 Å². The highest BCUT2D eigenvalue weighted by Crippen LogP contribution is 2.31. The zero-order valence-electron chi connectivity index (χ0n) is 13.3. The summed E-state index contributed by atoms with van der Waals surface area (Å²) in [4.78, 5) is 4.84. The van der Waals surface area contributed by atoms with Crippen LogP contribution in [0.1, 0.15) is 40.4 Å². The summed E-state index contributed by atoms with van der Waals surface area (Å²) in [6, 6.07) is 6.01. The summed E-state index contributed by atoms with van der Waals surface area (Å²) in [5.74, 6) is 1.13. The van der Waals surface area contributed by atoms with Gasteiger partial charge in [0.2, 0.25) is 0 Å². The topological polar surface area (TPSA) is 43.8 Å². The van der Waals surface area contributed by atoms with Crippen molar-refractivity contribution >= 4 is 28.5 Å². The van der Waals surface area contributed by atoms with E-state index >= 15 is 0 Å². The summed E-state index contributed by atoms with van der Waals surface area (Å²) in [7, 11) is 0. The third-order valence-electron chi connectivity index (χ3n) is 3.53. The van der Waals surface area contributed by atoms with Crippen LogP contribution in [-0.2, 0) is 12.0 Å². The van der Waals surface area contributed by atoms with Crippen molar-refractivity contribution in [3.8, 4) is 0 Å². The molecule has 110 valence electrons. The molecule has 0 saturated heterocycles. The molecule has 1 heterocycles. The molecule has 0 unspecified atom stereocenters. The average Bonchev–Trinajstić information content (AvgIpc) is 2.66. The van der Waals surface area contributed by atoms with Crippen molar-refractivity contribution in [2.75, 3.05) is 12.0 Å². The Bertz CT molecular complexity index is 620. The van der Waals surface area contributed by atoms with E-state index in [4.69, 9.17) is 10.7 Å². The molecule has 0 radical (unpaired) electrons. The van der Waals surface area contributed by atoms with Crippen LogP contribution in [0.15, 0.2) is 18.2 Å². The Morgan fingerprint density at radius 2 is 1.85 bits per heavy atom. The molecule has 0 spiro atoms. The first-order chi connectivity index (χ1) is 9.14. The van der Waals surface area contributed by atoms with E-state index < -0.39 is 0 Å². The number of anilines is 1. The fourth-order valence-electron chi connectivity index (χ4n) is 2.32. The maximum Gasteiger partial charge on any atom is 0.115 e. The Kier molecular flexibility index (Phi) is 3.80. The second kappa shape index (κ2) is 4.99. The molecular formula is C16H25N3S. The number of hydrogen-bond acceptors (Lipinski definition) is 3. The number of nitrogen functional groups attached to an aromatic ring is 1. The monoisotopic (exact) mass is 291 g/mol. The molecule has 0 saturated carbocycles. The molecule has 1 aromatic heterocycles. The predicted molar refractivity (Wildman–Crippen MR) is 90.4 cm³/mol. The van der Waals surface area contributed by atoms with Crippen LogP contribution < -0.4 is 5.73 Å². The highest BCUT2D eigenvalue weighted by atomic mass is 32.2. The minimum atomic E-state index is 0.0161. The third kappa shape index (κ3) is 2.95. The number of imidazole rings is 1. The van der Waals surface area contributed by atoms with Crippen molar-refractivity contribution in [1.29, 1.82) is 0 Å². The number of rotatable bonds is 3. The molecule has 0 fully saturated rings. The molecule has 0 aliphatic rings. The first-order valence-electron chi connectivity index (χ1n) is 6.95. The van der Waals surface area contributed by atoms with Gasteiger partial charge in [-0.05, 0) is 38.3 Å². The Labute approximate surface area is 125 Å². The van der Waals surface area contributed by atoms with E-state index in [0.29, 0.717) is 0 Å². The average molecular weight is 291 g/mol. The molecule has 0 aliphatic carbocycles. The Morgan fingerprint density at radius 1 is 1.20 bits per heavy atom. The third-order valence-corrected chi connectivity index (χ3v) is 4.77. The summed E-state index contributed by atoms with van der Waals surface area (Å²) < 4.78 is 2.53. The zero-order chi connectivity index (χ0) is 15.1. The van der Waals surface area contributed by atoms with E-state index in [0.717, 1.165) is 23.6 Å². The highest BCUT2D eigenvalue weighted by molar-refractivity contribution is 7.99. The van der Waals surface area contributed by atoms with Gasteiger partial charge < -0.3 is 10.3 Å². The van der Waals surface area contributed by atoms with Crippen molar-refractivity contribution in [2.24, 2.45) is 0 Å². The molecular weight excluding hydrogens is 266 g/mol. The summed E-state index contributed by atoms with van der Waals surface area (Å²) in [5.41, 5.74) is 8.84. The van der Waals surface area contributed by atoms with Crippen LogP contribution in [0.5, 0.6) is 0 Å². The van der Waals surface area contributed by atoms with E-state index in [1.54, 1.807) is 0 Å². The fourth-order valence-corrected chi connectivity index (χ4v) is 2.58. The fraction of sp³-hybridized carbons (Fsp3) is 0.562. The lowest BCUT2D eigenvalue weighted by atomic mass is 9.95. The molecule has 0 bridgehead atoms. The lowest BCUT2D eigenvalue weighted by molar-refractivity contribution is 0.477. The van der Waals surface area contributed by atoms with Crippen LogP contribution in [0.25, 0.3) is 11.0 Å². The van der Waals surface area contributed by atoms with Gasteiger partial charge in [-0.15, -0.1) is 0 Å². The van der Waals surface area contributed by atoms with Gasteiger partial charge >= 0.3 is 0 Å². The van der Waals surface area contributed by atoms with Crippen LogP contribution in [-0.4, -0.2) is 20.6 Å². The van der Waals surface area contributed by atoms with Gasteiger partial charge in [-0.3, -0.25) is 0 Å². The largest absolute Gasteiger partial charge is 0.399 e. The van der Waals surface area contributed by atoms with Crippen molar-refractivity contribution < 1.29 is 0 Å². The van der Waals surface area contributed by atoms with E-state index in [2.05, 4.69) is 51.5 Å². The molecule has 0 aliphatic heterocycles. The second-order valence-electron chi connectivity index (χ2n) is 6.98. The maximum atomic E-state index is 5.89. The number of nitrogens with zero attached hydrogens (tertiary/aromatic N) is 2. The Balaban J connectivity index is 2.65. The van der Waals surface area contributed by atoms with Gasteiger partial charge in [0, 0.05) is 22.4 Å². The summed E-state index contributed by atoms with van der Waals surface area (Å²) in [6.45, 7) is 12.1. The van der Waals surface area contributed by atoms with E-state index in [1.807, 2.05) is 23.9 Å². The van der Waals surface area contributed by atoms with E-state index in [9.17, 15) is 0 Å². The summed E-state index contributed by atoms with van der Waals surface area (Å²) in [6.07, 6.45) is 2.16. The van der Waals surface area contributed by atoms with Crippen LogP contribution >= 0.6 is 11.8 Å². The highest BCUT2D eigenvalue weighted by Gasteiger charge is 2.26. The number of hydrogen-bond donors (Lipinski definition) is 1. The molecule has 4 heteroatoms. The van der Waals surface area contributed by atoms with Crippen molar-refractivity contribution in [3.05, 3.63) is 24.0 Å². The van der Waals surface area contributed by atoms with Crippen LogP contribution in [0.4, 0.5) is 5.69 Å². The lowest BCUT2D eigenvalue weighted by Gasteiger charge is -2.27. The van der Waals surface area contributed by atoms with Gasteiger partial charge in [0.1, 0.15) is 5.82 Å². The predicted octanol–water partition coefficient (Wildman–Crippen LogP) is 4.06. The summed E-state index contributed by atoms with van der Waals surface area (Å²) in [5, 5.41) is 0. The molecule has 3 nitrogen and oxygen atoms in total. The molecule has 2 N–H and O–H groups in total. The van der Waals surface area contributed by atoms with Crippen molar-refractivity contribution in [1.82, 2.24) is 9.55 Å². The van der Waals surface area contributed by atoms with Gasteiger partial charge in [0.05, 0.1) is 11.0 Å². The van der Waals surface area contributed by atoms with Crippen LogP contribution in [0.3, 0.4) is 0 Å². The molecule has 2 aromatic rings. The minimum absolute atomic E-state index is 0.0161. The molecule has 2 rings (SSSR count). The van der Waals surface area contributed by atoms with Crippen LogP contribution in [0.2, 0.25) is 0 Å². The standard InChI is InChI=1S/C16H25N3S/c1-15(2,3)14-18-12-9-11(17)7-8-13(12)19(14)10-16(4,5)20-6/h7-9H,10,17H2,1-6H3. The van der Waals surface area contributed by atoms with Crippen molar-refractivity contribution in [3.63, 3.8) is 0 Å². The number of aromatic nitrogens is 2. The number of thioether (sulfide) groups is 1. The summed E-state index contributed by atoms with van der Waals surface area (Å²) >= 11 is 1.88. The van der Waals surface area contributed by atoms with E-state index in [1.165, 1.54) is 5.52 Å². The second-order valence-corrected chi connectivity index (χ2v) is 8.50. The first kappa shape index (κ1) is 15.2. The maximum absolute atomic E-state index is 5.89. The number of nitrogens with two attached hydrogens (primary N) is 1. The van der Waals surface area contributed by atoms with Gasteiger partial charge in [0.15, 0.2) is 0 Å². The Morgan fingerprint density at radius 3 is 2.40 bits per heavy atom. The SMILES string of the molecule is CSC(C)(C)Cn1c(C(C)(C)C)nc2cc(N)ccc21. The molecule has 0 amide bonds. The zero-order valence-corrected chi connectivity index (χ0v) is 14.1. The first-order valence-corrected chi connectivity index (χ1v) is 8.18. The lowest BCUT2D eigenvalue weighted by Crippen LogP contribution is -2.27. The minimum Gasteiger partial charge on any atom is -0.399 e.